The summed E-state index contributed by atoms with van der Waals surface area (Å²) in [5.41, 5.74) is 3.05. The highest BCUT2D eigenvalue weighted by Gasteiger charge is 2.31. The van der Waals surface area contributed by atoms with Gasteiger partial charge in [0.1, 0.15) is 17.2 Å². The number of methoxy groups -OCH3 is 1. The van der Waals surface area contributed by atoms with E-state index < -0.39 is 6.36 Å². The summed E-state index contributed by atoms with van der Waals surface area (Å²) in [6.07, 6.45) is -0.172. The lowest BCUT2D eigenvalue weighted by molar-refractivity contribution is -0.274. The number of aromatic nitrogens is 1. The molecule has 7 heteroatoms. The molecule has 4 nitrogen and oxygen atoms in total. The maximum atomic E-state index is 12.5. The van der Waals surface area contributed by atoms with Gasteiger partial charge >= 0.3 is 6.36 Å². The molecule has 1 aromatic heterocycles. The third-order valence-corrected chi connectivity index (χ3v) is 4.52. The molecule has 0 saturated carbocycles. The summed E-state index contributed by atoms with van der Waals surface area (Å²) in [6.45, 7) is 6.77. The standard InChI is InChI=1S/C22H28F3NO3/c1-5-8-9-12-28-20-13-15(6-2)21(26-18(20)7-3)17-11-10-16(14-19(17)27-4)29-22(23,24)25/h10-11,13-14H,5-9,12H2,1-4H3. The van der Waals surface area contributed by atoms with Crippen molar-refractivity contribution >= 4 is 0 Å². The Labute approximate surface area is 170 Å². The number of ether oxygens (including phenoxy) is 3. The average Bonchev–Trinajstić information content (AvgIpc) is 2.69. The van der Waals surface area contributed by atoms with E-state index in [0.717, 1.165) is 36.3 Å². The van der Waals surface area contributed by atoms with Crippen LogP contribution < -0.4 is 14.2 Å². The van der Waals surface area contributed by atoms with Crippen molar-refractivity contribution in [2.24, 2.45) is 0 Å². The molecule has 2 rings (SSSR count). The number of hydrogen-bond donors (Lipinski definition) is 0. The highest BCUT2D eigenvalue weighted by Crippen LogP contribution is 2.37. The first kappa shape index (κ1) is 22.8. The van der Waals surface area contributed by atoms with Crippen LogP contribution >= 0.6 is 0 Å². The van der Waals surface area contributed by atoms with Gasteiger partial charge in [-0.25, -0.2) is 4.98 Å². The van der Waals surface area contributed by atoms with E-state index in [4.69, 9.17) is 14.5 Å². The first-order chi connectivity index (χ1) is 13.8. The summed E-state index contributed by atoms with van der Waals surface area (Å²) in [6, 6.07) is 6.02. The van der Waals surface area contributed by atoms with E-state index in [1.165, 1.54) is 19.2 Å². The Morgan fingerprint density at radius 1 is 0.966 bits per heavy atom. The molecule has 1 heterocycles. The predicted octanol–water partition coefficient (Wildman–Crippen LogP) is 6.35. The topological polar surface area (TPSA) is 40.6 Å². The molecule has 0 radical (unpaired) electrons. The monoisotopic (exact) mass is 411 g/mol. The second-order valence-electron chi connectivity index (χ2n) is 6.61. The van der Waals surface area contributed by atoms with E-state index in [2.05, 4.69) is 11.7 Å². The maximum Gasteiger partial charge on any atom is 0.573 e. The largest absolute Gasteiger partial charge is 0.573 e. The van der Waals surface area contributed by atoms with Crippen molar-refractivity contribution in [1.29, 1.82) is 0 Å². The minimum Gasteiger partial charge on any atom is -0.496 e. The van der Waals surface area contributed by atoms with Gasteiger partial charge in [0.2, 0.25) is 0 Å². The van der Waals surface area contributed by atoms with Crippen LogP contribution in [0, 0.1) is 0 Å². The molecular weight excluding hydrogens is 383 g/mol. The van der Waals surface area contributed by atoms with Crippen LogP contribution in [0.4, 0.5) is 13.2 Å². The summed E-state index contributed by atoms with van der Waals surface area (Å²) < 4.78 is 52.9. The van der Waals surface area contributed by atoms with E-state index >= 15 is 0 Å². The molecule has 0 aliphatic heterocycles. The van der Waals surface area contributed by atoms with Crippen LogP contribution in [-0.4, -0.2) is 25.1 Å². The van der Waals surface area contributed by atoms with E-state index in [1.807, 2.05) is 19.9 Å². The van der Waals surface area contributed by atoms with Crippen LogP contribution in [0.2, 0.25) is 0 Å². The first-order valence-corrected chi connectivity index (χ1v) is 9.92. The van der Waals surface area contributed by atoms with Gasteiger partial charge in [-0.1, -0.05) is 33.6 Å². The Bertz CT molecular complexity index is 807. The zero-order chi connectivity index (χ0) is 21.4. The quantitative estimate of drug-likeness (QED) is 0.427. The number of benzene rings is 1. The van der Waals surface area contributed by atoms with Crippen LogP contribution in [-0.2, 0) is 12.8 Å². The second kappa shape index (κ2) is 10.4. The number of pyridine rings is 1. The predicted molar refractivity (Wildman–Crippen MR) is 107 cm³/mol. The van der Waals surface area contributed by atoms with Gasteiger partial charge in [0.25, 0.3) is 0 Å². The van der Waals surface area contributed by atoms with E-state index in [0.29, 0.717) is 30.7 Å². The van der Waals surface area contributed by atoms with Gasteiger partial charge in [0.05, 0.1) is 25.1 Å². The summed E-state index contributed by atoms with van der Waals surface area (Å²) in [5, 5.41) is 0. The molecule has 2 aromatic rings. The summed E-state index contributed by atoms with van der Waals surface area (Å²) in [5.74, 6) is 0.704. The smallest absolute Gasteiger partial charge is 0.496 e. The Morgan fingerprint density at radius 3 is 2.31 bits per heavy atom. The molecule has 0 saturated heterocycles. The van der Waals surface area contributed by atoms with Crippen LogP contribution in [0.3, 0.4) is 0 Å². The summed E-state index contributed by atoms with van der Waals surface area (Å²) in [4.78, 5) is 4.78. The van der Waals surface area contributed by atoms with Crippen molar-refractivity contribution in [3.63, 3.8) is 0 Å². The molecule has 0 bridgehead atoms. The van der Waals surface area contributed by atoms with Gasteiger partial charge < -0.3 is 14.2 Å². The number of halogens is 3. The fraction of sp³-hybridized carbons (Fsp3) is 0.500. The highest BCUT2D eigenvalue weighted by atomic mass is 19.4. The molecule has 0 aliphatic carbocycles. The third kappa shape index (κ3) is 6.27. The lowest BCUT2D eigenvalue weighted by Crippen LogP contribution is -2.17. The Kier molecular flexibility index (Phi) is 8.17. The number of hydrogen-bond acceptors (Lipinski definition) is 4. The highest BCUT2D eigenvalue weighted by molar-refractivity contribution is 5.72. The Balaban J connectivity index is 2.42. The fourth-order valence-corrected chi connectivity index (χ4v) is 3.05. The zero-order valence-electron chi connectivity index (χ0n) is 17.4. The SMILES string of the molecule is CCCCCOc1cc(CC)c(-c2ccc(OC(F)(F)F)cc2OC)nc1CC. The lowest BCUT2D eigenvalue weighted by Gasteiger charge is -2.17. The van der Waals surface area contributed by atoms with Crippen LogP contribution in [0.5, 0.6) is 17.2 Å². The van der Waals surface area contributed by atoms with Gasteiger partial charge in [-0.05, 0) is 43.0 Å². The Hall–Kier alpha value is -2.44. The number of rotatable bonds is 10. The second-order valence-corrected chi connectivity index (χ2v) is 6.61. The molecule has 0 spiro atoms. The molecule has 0 unspecified atom stereocenters. The number of nitrogens with zero attached hydrogens (tertiary/aromatic N) is 1. The fourth-order valence-electron chi connectivity index (χ4n) is 3.05. The van der Waals surface area contributed by atoms with Crippen molar-refractivity contribution in [3.8, 4) is 28.5 Å². The van der Waals surface area contributed by atoms with E-state index in [9.17, 15) is 13.2 Å². The first-order valence-electron chi connectivity index (χ1n) is 9.92. The van der Waals surface area contributed by atoms with E-state index in [-0.39, 0.29) is 11.5 Å². The van der Waals surface area contributed by atoms with Gasteiger partial charge in [0.15, 0.2) is 0 Å². The van der Waals surface area contributed by atoms with Crippen molar-refractivity contribution < 1.29 is 27.4 Å². The molecule has 0 fully saturated rings. The average molecular weight is 411 g/mol. The van der Waals surface area contributed by atoms with Gasteiger partial charge in [-0.3, -0.25) is 0 Å². The maximum absolute atomic E-state index is 12.5. The third-order valence-electron chi connectivity index (χ3n) is 4.52. The lowest BCUT2D eigenvalue weighted by atomic mass is 10.0. The molecule has 0 aliphatic rings. The molecule has 0 amide bonds. The van der Waals surface area contributed by atoms with Crippen molar-refractivity contribution in [2.75, 3.05) is 13.7 Å². The zero-order valence-corrected chi connectivity index (χ0v) is 17.4. The van der Waals surface area contributed by atoms with E-state index in [1.54, 1.807) is 6.07 Å². The Morgan fingerprint density at radius 2 is 1.72 bits per heavy atom. The van der Waals surface area contributed by atoms with Crippen LogP contribution in [0.1, 0.15) is 51.3 Å². The normalized spacial score (nSPS) is 11.4. The van der Waals surface area contributed by atoms with Crippen molar-refractivity contribution in [1.82, 2.24) is 4.98 Å². The minimum atomic E-state index is -4.76. The number of aryl methyl sites for hydroxylation is 2. The summed E-state index contributed by atoms with van der Waals surface area (Å²) in [7, 11) is 1.41. The van der Waals surface area contributed by atoms with Crippen molar-refractivity contribution in [2.45, 2.75) is 59.2 Å². The van der Waals surface area contributed by atoms with Gasteiger partial charge in [-0.15, -0.1) is 13.2 Å². The minimum absolute atomic E-state index is 0.271. The van der Waals surface area contributed by atoms with Gasteiger partial charge in [-0.2, -0.15) is 0 Å². The number of unbranched alkanes of at least 4 members (excludes halogenated alkanes) is 2. The van der Waals surface area contributed by atoms with Crippen molar-refractivity contribution in [3.05, 3.63) is 35.5 Å². The van der Waals surface area contributed by atoms with Crippen LogP contribution in [0.15, 0.2) is 24.3 Å². The molecule has 0 atom stereocenters. The molecule has 1 aromatic carbocycles. The number of alkyl halides is 3. The van der Waals surface area contributed by atoms with Crippen LogP contribution in [0.25, 0.3) is 11.3 Å². The van der Waals surface area contributed by atoms with Gasteiger partial charge in [0, 0.05) is 11.6 Å². The molecule has 29 heavy (non-hydrogen) atoms. The molecule has 160 valence electrons. The summed E-state index contributed by atoms with van der Waals surface area (Å²) >= 11 is 0. The molecular formula is C22H28F3NO3. The molecule has 0 N–H and O–H groups in total.